The minimum Gasteiger partial charge on any atom is -0.463 e. The van der Waals surface area contributed by atoms with Crippen molar-refractivity contribution in [1.82, 2.24) is 19.5 Å². The normalized spacial score (nSPS) is 27.4. The molecule has 2 aliphatic rings. The van der Waals surface area contributed by atoms with Gasteiger partial charge in [0.2, 0.25) is 5.95 Å². The lowest BCUT2D eigenvalue weighted by molar-refractivity contribution is -0.155. The van der Waals surface area contributed by atoms with Crippen molar-refractivity contribution in [3.05, 3.63) is 28.8 Å². The van der Waals surface area contributed by atoms with E-state index in [-0.39, 0.29) is 67.7 Å². The first-order valence-corrected chi connectivity index (χ1v) is 14.2. The van der Waals surface area contributed by atoms with Gasteiger partial charge in [-0.15, -0.1) is 0 Å². The van der Waals surface area contributed by atoms with Crippen molar-refractivity contribution in [2.45, 2.75) is 58.8 Å². The van der Waals surface area contributed by atoms with E-state index in [0.717, 1.165) is 0 Å². The van der Waals surface area contributed by atoms with Gasteiger partial charge in [0.05, 0.1) is 50.6 Å². The number of anilines is 1. The fraction of sp³-hybridized carbons (Fsp3) is 0.625. The number of nitrogen functional groups attached to an aromatic ring is 1. The molecule has 1 aliphatic heterocycles. The number of carbonyl (C=O) groups excluding carboxylic acids is 2. The van der Waals surface area contributed by atoms with Crippen LogP contribution in [-0.2, 0) is 37.2 Å². The number of imidazole rings is 1. The standard InChI is InChI=1S/C24H34N5O9P/c1-12(2)23(32)38-18-7-17(29-11-26-20-21(29)27-24(25)28-22(20)31)14(5)16(18)10-36-39(33)34-8-15(9-35-39)6-19(30)37-13(3)4/h11-13,15-18H,5-10H2,1-4H3,(H3,25,27,28,31)/t15?,16-,17?,18-,39?/m0/s1. The van der Waals surface area contributed by atoms with Gasteiger partial charge in [0, 0.05) is 18.3 Å². The van der Waals surface area contributed by atoms with Crippen LogP contribution in [0.3, 0.4) is 0 Å². The molecule has 2 fully saturated rings. The van der Waals surface area contributed by atoms with Gasteiger partial charge >= 0.3 is 19.8 Å². The number of nitrogens with zero attached hydrogens (tertiary/aromatic N) is 3. The first-order valence-electron chi connectivity index (χ1n) is 12.7. The monoisotopic (exact) mass is 567 g/mol. The van der Waals surface area contributed by atoms with E-state index in [9.17, 15) is 18.9 Å². The van der Waals surface area contributed by atoms with Crippen LogP contribution in [0.4, 0.5) is 5.95 Å². The van der Waals surface area contributed by atoms with Crippen molar-refractivity contribution < 1.29 is 37.2 Å². The first kappa shape index (κ1) is 28.9. The molecule has 3 heterocycles. The predicted octanol–water partition coefficient (Wildman–Crippen LogP) is 2.52. The molecule has 1 unspecified atom stereocenters. The van der Waals surface area contributed by atoms with E-state index < -0.39 is 43.4 Å². The van der Waals surface area contributed by atoms with E-state index in [1.54, 1.807) is 32.3 Å². The third kappa shape index (κ3) is 6.57. The lowest BCUT2D eigenvalue weighted by Gasteiger charge is -2.29. The van der Waals surface area contributed by atoms with Crippen molar-refractivity contribution >= 4 is 36.9 Å². The molecule has 3 N–H and O–H groups in total. The van der Waals surface area contributed by atoms with E-state index in [1.807, 2.05) is 0 Å². The number of phosphoric ester groups is 1. The first-order chi connectivity index (χ1) is 18.4. The second-order valence-electron chi connectivity index (χ2n) is 10.3. The molecule has 0 aromatic carbocycles. The molecular weight excluding hydrogens is 533 g/mol. The van der Waals surface area contributed by atoms with Crippen LogP contribution >= 0.6 is 7.82 Å². The minimum atomic E-state index is -3.94. The van der Waals surface area contributed by atoms with Gasteiger partial charge in [0.25, 0.3) is 5.56 Å². The van der Waals surface area contributed by atoms with Gasteiger partial charge in [-0.1, -0.05) is 20.4 Å². The number of aromatic amines is 1. The number of ether oxygens (including phenoxy) is 2. The average Bonchev–Trinajstić information content (AvgIpc) is 3.39. The van der Waals surface area contributed by atoms with Gasteiger partial charge in [-0.2, -0.15) is 4.98 Å². The summed E-state index contributed by atoms with van der Waals surface area (Å²) >= 11 is 0. The molecule has 214 valence electrons. The number of carbonyl (C=O) groups is 2. The Balaban J connectivity index is 1.47. The molecule has 1 aliphatic carbocycles. The van der Waals surface area contributed by atoms with Gasteiger partial charge < -0.3 is 19.8 Å². The largest absolute Gasteiger partial charge is 0.474 e. The van der Waals surface area contributed by atoms with Gasteiger partial charge in [-0.25, -0.2) is 9.55 Å². The maximum Gasteiger partial charge on any atom is 0.474 e. The Morgan fingerprint density at radius 1 is 1.28 bits per heavy atom. The second-order valence-corrected chi connectivity index (χ2v) is 12.0. The maximum absolute atomic E-state index is 13.1. The molecule has 14 nitrogen and oxygen atoms in total. The van der Waals surface area contributed by atoms with Crippen LogP contribution in [0.1, 0.15) is 46.6 Å². The summed E-state index contributed by atoms with van der Waals surface area (Å²) < 4.78 is 42.1. The molecule has 0 radical (unpaired) electrons. The fourth-order valence-corrected chi connectivity index (χ4v) is 5.86. The predicted molar refractivity (Wildman–Crippen MR) is 138 cm³/mol. The maximum atomic E-state index is 13.1. The van der Waals surface area contributed by atoms with Gasteiger partial charge in [0.1, 0.15) is 6.10 Å². The van der Waals surface area contributed by atoms with Crippen molar-refractivity contribution in [2.75, 3.05) is 25.6 Å². The highest BCUT2D eigenvalue weighted by molar-refractivity contribution is 7.48. The molecule has 0 spiro atoms. The summed E-state index contributed by atoms with van der Waals surface area (Å²) in [6.45, 7) is 10.9. The number of phosphoric acid groups is 1. The smallest absolute Gasteiger partial charge is 0.463 e. The molecule has 0 bridgehead atoms. The molecule has 4 rings (SSSR count). The van der Waals surface area contributed by atoms with Crippen LogP contribution in [0.5, 0.6) is 0 Å². The van der Waals surface area contributed by atoms with Crippen LogP contribution in [0.15, 0.2) is 23.3 Å². The fourth-order valence-electron chi connectivity index (χ4n) is 4.50. The summed E-state index contributed by atoms with van der Waals surface area (Å²) in [5.41, 5.74) is 6.21. The van der Waals surface area contributed by atoms with E-state index in [0.29, 0.717) is 5.57 Å². The highest BCUT2D eigenvalue weighted by Gasteiger charge is 2.44. The molecular formula is C24H34N5O9P. The lowest BCUT2D eigenvalue weighted by Crippen LogP contribution is -2.29. The molecule has 15 heteroatoms. The van der Waals surface area contributed by atoms with Crippen LogP contribution in [-0.4, -0.2) is 63.5 Å². The SMILES string of the molecule is C=C1C(n2cnc3c(=O)[nH]c(N)nc32)C[C@H](OC(=O)C(C)C)[C@H]1COP1(=O)OCC(CC(=O)OC(C)C)CO1. The molecule has 2 aromatic rings. The minimum absolute atomic E-state index is 0.00681. The summed E-state index contributed by atoms with van der Waals surface area (Å²) in [4.78, 5) is 47.4. The lowest BCUT2D eigenvalue weighted by atomic mass is 10.0. The van der Waals surface area contributed by atoms with Crippen LogP contribution < -0.4 is 11.3 Å². The molecule has 3 atom stereocenters. The Labute approximate surface area is 224 Å². The number of hydrogen-bond acceptors (Lipinski definition) is 12. The highest BCUT2D eigenvalue weighted by atomic mass is 31.2. The third-order valence-corrected chi connectivity index (χ3v) is 7.90. The number of hydrogen-bond donors (Lipinski definition) is 2. The van der Waals surface area contributed by atoms with E-state index in [2.05, 4.69) is 21.5 Å². The molecule has 39 heavy (non-hydrogen) atoms. The van der Waals surface area contributed by atoms with Crippen molar-refractivity contribution in [2.24, 2.45) is 17.8 Å². The number of rotatable bonds is 9. The summed E-state index contributed by atoms with van der Waals surface area (Å²) in [5, 5.41) is 0. The average molecular weight is 568 g/mol. The Morgan fingerprint density at radius 3 is 2.62 bits per heavy atom. The van der Waals surface area contributed by atoms with Crippen LogP contribution in [0.25, 0.3) is 11.2 Å². The van der Waals surface area contributed by atoms with Crippen LogP contribution in [0, 0.1) is 17.8 Å². The zero-order chi connectivity index (χ0) is 28.5. The van der Waals surface area contributed by atoms with E-state index in [4.69, 9.17) is 28.8 Å². The zero-order valence-electron chi connectivity index (χ0n) is 22.3. The van der Waals surface area contributed by atoms with Gasteiger partial charge in [-0.3, -0.25) is 32.9 Å². The van der Waals surface area contributed by atoms with Crippen LogP contribution in [0.2, 0.25) is 0 Å². The number of esters is 2. The Morgan fingerprint density at radius 2 is 1.97 bits per heavy atom. The quantitative estimate of drug-likeness (QED) is 0.256. The molecule has 1 saturated carbocycles. The molecule has 0 amide bonds. The summed E-state index contributed by atoms with van der Waals surface area (Å²) in [7, 11) is -3.94. The van der Waals surface area contributed by atoms with E-state index >= 15 is 0 Å². The molecule has 1 saturated heterocycles. The Kier molecular flexibility index (Phi) is 8.60. The van der Waals surface area contributed by atoms with Gasteiger partial charge in [-0.05, 0) is 19.4 Å². The number of fused-ring (bicyclic) bond motifs is 1. The zero-order valence-corrected chi connectivity index (χ0v) is 23.2. The topological polar surface area (TPSA) is 187 Å². The third-order valence-electron chi connectivity index (χ3n) is 6.51. The van der Waals surface area contributed by atoms with Crippen molar-refractivity contribution in [3.8, 4) is 0 Å². The number of H-pyrrole nitrogens is 1. The Bertz CT molecular complexity index is 1340. The number of nitrogens with one attached hydrogen (secondary N) is 1. The van der Waals surface area contributed by atoms with Crippen molar-refractivity contribution in [3.63, 3.8) is 0 Å². The molecule has 2 aromatic heterocycles. The summed E-state index contributed by atoms with van der Waals surface area (Å²) in [6.07, 6.45) is 0.882. The van der Waals surface area contributed by atoms with E-state index in [1.165, 1.54) is 6.33 Å². The number of nitrogens with two attached hydrogens (primary N) is 1. The summed E-state index contributed by atoms with van der Waals surface area (Å²) in [6, 6.07) is -0.465. The van der Waals surface area contributed by atoms with Crippen molar-refractivity contribution in [1.29, 1.82) is 0 Å². The highest BCUT2D eigenvalue weighted by Crippen LogP contribution is 2.54. The number of aromatic nitrogens is 4. The van der Waals surface area contributed by atoms with Gasteiger partial charge in [0.15, 0.2) is 11.2 Å². The second kappa shape index (κ2) is 11.6. The summed E-state index contributed by atoms with van der Waals surface area (Å²) in [5.74, 6) is -2.16. The Hall–Kier alpha value is -3.06.